The molecule has 26 heavy (non-hydrogen) atoms. The van der Waals surface area contributed by atoms with Crippen LogP contribution in [0.4, 0.5) is 0 Å². The minimum Gasteiger partial charge on any atom is -0.283 e. The lowest BCUT2D eigenvalue weighted by Gasteiger charge is -2.06. The summed E-state index contributed by atoms with van der Waals surface area (Å²) in [6.07, 6.45) is 3.24. The van der Waals surface area contributed by atoms with Gasteiger partial charge in [-0.15, -0.1) is 11.8 Å². The topological polar surface area (TPSA) is 30.2 Å². The first-order valence-corrected chi connectivity index (χ1v) is 9.89. The molecule has 0 fully saturated rings. The lowest BCUT2D eigenvalue weighted by atomic mass is 10.1. The van der Waals surface area contributed by atoms with E-state index >= 15 is 0 Å². The van der Waals surface area contributed by atoms with Gasteiger partial charge in [-0.3, -0.25) is 4.40 Å². The van der Waals surface area contributed by atoms with Crippen molar-refractivity contribution in [3.63, 3.8) is 0 Å². The molecule has 130 valence electrons. The van der Waals surface area contributed by atoms with E-state index in [1.54, 1.807) is 0 Å². The second kappa shape index (κ2) is 7.34. The van der Waals surface area contributed by atoms with Gasteiger partial charge in [-0.25, -0.2) is 9.97 Å². The summed E-state index contributed by atoms with van der Waals surface area (Å²) in [6, 6.07) is 21.1. The van der Waals surface area contributed by atoms with Crippen LogP contribution in [0.1, 0.15) is 19.0 Å². The van der Waals surface area contributed by atoms with Gasteiger partial charge >= 0.3 is 0 Å². The number of nitrogens with zero attached hydrogens (tertiary/aromatic N) is 3. The molecule has 0 aliphatic carbocycles. The third-order valence-electron chi connectivity index (χ3n) is 4.28. The van der Waals surface area contributed by atoms with Crippen molar-refractivity contribution < 1.29 is 0 Å². The lowest BCUT2D eigenvalue weighted by molar-refractivity contribution is 1.07. The molecule has 0 saturated carbocycles. The van der Waals surface area contributed by atoms with Crippen molar-refractivity contribution in [2.45, 2.75) is 25.2 Å². The van der Waals surface area contributed by atoms with Crippen LogP contribution in [0.15, 0.2) is 71.8 Å². The zero-order chi connectivity index (χ0) is 17.9. The summed E-state index contributed by atoms with van der Waals surface area (Å²) in [5.41, 5.74) is 5.29. The Balaban J connectivity index is 1.86. The van der Waals surface area contributed by atoms with Crippen LogP contribution < -0.4 is 0 Å². The summed E-state index contributed by atoms with van der Waals surface area (Å²) < 4.78 is 2.08. The number of hydrogen-bond acceptors (Lipinski definition) is 3. The number of aryl methyl sites for hydroxylation is 1. The highest BCUT2D eigenvalue weighted by Gasteiger charge is 2.16. The van der Waals surface area contributed by atoms with Gasteiger partial charge in [-0.05, 0) is 37.3 Å². The minimum absolute atomic E-state index is 0.739. The molecule has 0 radical (unpaired) electrons. The molecule has 0 atom stereocenters. The summed E-state index contributed by atoms with van der Waals surface area (Å²) in [6.45, 7) is 4.20. The predicted octanol–water partition coefficient (Wildman–Crippen LogP) is 5.87. The fourth-order valence-corrected chi connectivity index (χ4v) is 3.79. The zero-order valence-electron chi connectivity index (χ0n) is 15.0. The predicted molar refractivity (Wildman–Crippen MR) is 110 cm³/mol. The average Bonchev–Trinajstić information content (AvgIpc) is 3.06. The fraction of sp³-hybridized carbons (Fsp3) is 0.182. The summed E-state index contributed by atoms with van der Waals surface area (Å²) in [4.78, 5) is 10.8. The van der Waals surface area contributed by atoms with E-state index in [0.717, 1.165) is 39.7 Å². The van der Waals surface area contributed by atoms with Gasteiger partial charge in [0.15, 0.2) is 0 Å². The molecule has 4 aromatic rings. The highest BCUT2D eigenvalue weighted by atomic mass is 32.2. The maximum atomic E-state index is 4.86. The molecule has 0 aliphatic heterocycles. The first-order valence-electron chi connectivity index (χ1n) is 8.90. The second-order valence-electron chi connectivity index (χ2n) is 6.29. The van der Waals surface area contributed by atoms with Crippen LogP contribution in [-0.2, 0) is 0 Å². The Labute approximate surface area is 158 Å². The maximum Gasteiger partial charge on any atom is 0.235 e. The first-order chi connectivity index (χ1) is 12.8. The molecule has 2 heterocycles. The summed E-state index contributed by atoms with van der Waals surface area (Å²) >= 11 is 1.89. The van der Waals surface area contributed by atoms with Crippen LogP contribution in [0.5, 0.6) is 0 Å². The van der Waals surface area contributed by atoms with E-state index in [4.69, 9.17) is 4.98 Å². The van der Waals surface area contributed by atoms with Gasteiger partial charge in [-0.1, -0.05) is 49.4 Å². The standard InChI is InChI=1S/C22H21N3S/c1-3-15-26-19-11-9-17(10-12-19)20-21(18-7-5-4-6-8-18)25-14-13-16(2)23-22(25)24-20/h4-14H,3,15H2,1-2H3. The number of fused-ring (bicyclic) bond motifs is 1. The molecule has 0 spiro atoms. The van der Waals surface area contributed by atoms with Gasteiger partial charge in [0.05, 0.1) is 11.4 Å². The Morgan fingerprint density at radius 3 is 2.38 bits per heavy atom. The molecule has 4 rings (SSSR count). The van der Waals surface area contributed by atoms with Crippen molar-refractivity contribution in [1.82, 2.24) is 14.4 Å². The number of imidazole rings is 1. The third-order valence-corrected chi connectivity index (χ3v) is 5.50. The van der Waals surface area contributed by atoms with E-state index in [1.807, 2.05) is 30.8 Å². The van der Waals surface area contributed by atoms with E-state index in [-0.39, 0.29) is 0 Å². The quantitative estimate of drug-likeness (QED) is 0.417. The van der Waals surface area contributed by atoms with Gasteiger partial charge < -0.3 is 0 Å². The van der Waals surface area contributed by atoms with Gasteiger partial charge in [0.1, 0.15) is 0 Å². The Morgan fingerprint density at radius 1 is 0.885 bits per heavy atom. The summed E-state index contributed by atoms with van der Waals surface area (Å²) in [7, 11) is 0. The summed E-state index contributed by atoms with van der Waals surface area (Å²) in [5.74, 6) is 1.88. The van der Waals surface area contributed by atoms with E-state index < -0.39 is 0 Å². The monoisotopic (exact) mass is 359 g/mol. The van der Waals surface area contributed by atoms with Crippen LogP contribution in [0.25, 0.3) is 28.3 Å². The van der Waals surface area contributed by atoms with Gasteiger partial charge in [0.2, 0.25) is 5.78 Å². The molecule has 2 aromatic carbocycles. The molecule has 4 heteroatoms. The first kappa shape index (κ1) is 16.9. The molecule has 3 nitrogen and oxygen atoms in total. The van der Waals surface area contributed by atoms with Crippen molar-refractivity contribution in [2.24, 2.45) is 0 Å². The van der Waals surface area contributed by atoms with Crippen LogP contribution in [0.3, 0.4) is 0 Å². The number of aromatic nitrogens is 3. The van der Waals surface area contributed by atoms with Crippen LogP contribution in [-0.4, -0.2) is 20.1 Å². The molecule has 2 aromatic heterocycles. The van der Waals surface area contributed by atoms with Crippen LogP contribution in [0, 0.1) is 6.92 Å². The Morgan fingerprint density at radius 2 is 1.65 bits per heavy atom. The fourth-order valence-electron chi connectivity index (χ4n) is 3.02. The highest BCUT2D eigenvalue weighted by Crippen LogP contribution is 2.33. The van der Waals surface area contributed by atoms with E-state index in [1.165, 1.54) is 11.3 Å². The minimum atomic E-state index is 0.739. The largest absolute Gasteiger partial charge is 0.283 e. The van der Waals surface area contributed by atoms with E-state index in [9.17, 15) is 0 Å². The van der Waals surface area contributed by atoms with Crippen LogP contribution in [0.2, 0.25) is 0 Å². The van der Waals surface area contributed by atoms with Crippen LogP contribution >= 0.6 is 11.8 Å². The van der Waals surface area contributed by atoms with Gasteiger partial charge in [-0.2, -0.15) is 0 Å². The van der Waals surface area contributed by atoms with Gasteiger partial charge in [0.25, 0.3) is 0 Å². The molecule has 0 amide bonds. The third kappa shape index (κ3) is 3.25. The number of thioether (sulfide) groups is 1. The van der Waals surface area contributed by atoms with E-state index in [2.05, 4.69) is 71.0 Å². The van der Waals surface area contributed by atoms with Crippen molar-refractivity contribution in [2.75, 3.05) is 5.75 Å². The van der Waals surface area contributed by atoms with Crippen molar-refractivity contribution in [3.8, 4) is 22.5 Å². The van der Waals surface area contributed by atoms with Crippen molar-refractivity contribution in [1.29, 1.82) is 0 Å². The second-order valence-corrected chi connectivity index (χ2v) is 7.46. The molecular formula is C22H21N3S. The normalized spacial score (nSPS) is 11.2. The van der Waals surface area contributed by atoms with Crippen molar-refractivity contribution >= 4 is 17.5 Å². The Bertz CT molecular complexity index is 1020. The average molecular weight is 359 g/mol. The maximum absolute atomic E-state index is 4.86. The number of hydrogen-bond donors (Lipinski definition) is 0. The number of benzene rings is 2. The van der Waals surface area contributed by atoms with E-state index in [0.29, 0.717) is 0 Å². The number of rotatable bonds is 5. The molecule has 0 bridgehead atoms. The molecule has 0 unspecified atom stereocenters. The summed E-state index contributed by atoms with van der Waals surface area (Å²) in [5, 5.41) is 0. The van der Waals surface area contributed by atoms with Crippen molar-refractivity contribution in [3.05, 3.63) is 72.6 Å². The Kier molecular flexibility index (Phi) is 4.76. The Hall–Kier alpha value is -2.59. The zero-order valence-corrected chi connectivity index (χ0v) is 15.8. The molecule has 0 saturated heterocycles. The smallest absolute Gasteiger partial charge is 0.235 e. The molecule has 0 aliphatic rings. The van der Waals surface area contributed by atoms with Gasteiger partial charge in [0, 0.05) is 27.9 Å². The lowest BCUT2D eigenvalue weighted by Crippen LogP contribution is -1.92. The molecule has 0 N–H and O–H groups in total. The molecular weight excluding hydrogens is 338 g/mol. The SMILES string of the molecule is CCCSc1ccc(-c2nc3nc(C)ccn3c2-c2ccccc2)cc1. The highest BCUT2D eigenvalue weighted by molar-refractivity contribution is 7.99.